The zero-order valence-corrected chi connectivity index (χ0v) is 9.13. The second-order valence-electron chi connectivity index (χ2n) is 3.72. The van der Waals surface area contributed by atoms with Crippen molar-refractivity contribution in [1.29, 1.82) is 5.26 Å². The monoisotopic (exact) mass is 206 g/mol. The zero-order valence-electron chi connectivity index (χ0n) is 9.13. The largest absolute Gasteiger partial charge is 0.461 e. The van der Waals surface area contributed by atoms with Gasteiger partial charge >= 0.3 is 5.97 Å². The van der Waals surface area contributed by atoms with Crippen molar-refractivity contribution < 1.29 is 9.53 Å². The van der Waals surface area contributed by atoms with Crippen LogP contribution in [0.15, 0.2) is 12.3 Å². The average Bonchev–Trinajstić information content (AvgIpc) is 2.67. The summed E-state index contributed by atoms with van der Waals surface area (Å²) in [6.45, 7) is 5.60. The van der Waals surface area contributed by atoms with E-state index in [4.69, 9.17) is 10.00 Å². The van der Waals surface area contributed by atoms with Gasteiger partial charge in [-0.3, -0.25) is 0 Å². The number of aromatic amines is 1. The molecule has 0 aliphatic carbocycles. The van der Waals surface area contributed by atoms with E-state index >= 15 is 0 Å². The SMILES string of the molecule is CCOC(=O)c1[nH]ccc1C(C)(C)C#N. The number of ether oxygens (including phenoxy) is 1. The van der Waals surface area contributed by atoms with Crippen LogP contribution in [0, 0.1) is 11.3 Å². The minimum absolute atomic E-state index is 0.324. The average molecular weight is 206 g/mol. The molecule has 0 fully saturated rings. The van der Waals surface area contributed by atoms with E-state index in [0.29, 0.717) is 17.9 Å². The molecule has 1 rings (SSSR count). The van der Waals surface area contributed by atoms with Crippen LogP contribution in [0.25, 0.3) is 0 Å². The molecule has 0 aliphatic rings. The van der Waals surface area contributed by atoms with Gasteiger partial charge in [-0.05, 0) is 26.8 Å². The molecule has 0 saturated carbocycles. The van der Waals surface area contributed by atoms with Crippen molar-refractivity contribution in [2.75, 3.05) is 6.61 Å². The fraction of sp³-hybridized carbons (Fsp3) is 0.455. The van der Waals surface area contributed by atoms with Crippen LogP contribution in [0.3, 0.4) is 0 Å². The van der Waals surface area contributed by atoms with Crippen LogP contribution >= 0.6 is 0 Å². The van der Waals surface area contributed by atoms with E-state index in [1.807, 2.05) is 0 Å². The van der Waals surface area contributed by atoms with Gasteiger partial charge in [0.1, 0.15) is 5.69 Å². The third kappa shape index (κ3) is 2.18. The summed E-state index contributed by atoms with van der Waals surface area (Å²) in [6, 6.07) is 3.88. The summed E-state index contributed by atoms with van der Waals surface area (Å²) in [6.07, 6.45) is 1.64. The zero-order chi connectivity index (χ0) is 11.5. The van der Waals surface area contributed by atoms with Gasteiger partial charge in [-0.15, -0.1) is 0 Å². The molecule has 0 atom stereocenters. The topological polar surface area (TPSA) is 65.9 Å². The summed E-state index contributed by atoms with van der Waals surface area (Å²) in [5, 5.41) is 8.99. The van der Waals surface area contributed by atoms with E-state index in [1.165, 1.54) is 0 Å². The quantitative estimate of drug-likeness (QED) is 0.769. The highest BCUT2D eigenvalue weighted by Crippen LogP contribution is 2.25. The summed E-state index contributed by atoms with van der Waals surface area (Å²) in [7, 11) is 0. The Hall–Kier alpha value is -1.76. The highest BCUT2D eigenvalue weighted by molar-refractivity contribution is 5.89. The molecule has 1 aromatic heterocycles. The molecule has 1 heterocycles. The summed E-state index contributed by atoms with van der Waals surface area (Å²) in [5.41, 5.74) is 0.342. The van der Waals surface area contributed by atoms with Crippen LogP contribution in [-0.4, -0.2) is 17.6 Å². The van der Waals surface area contributed by atoms with Crippen molar-refractivity contribution >= 4 is 5.97 Å². The Morgan fingerprint density at radius 2 is 2.33 bits per heavy atom. The first-order chi connectivity index (χ1) is 7.03. The number of nitrogens with one attached hydrogen (secondary N) is 1. The molecule has 0 radical (unpaired) electrons. The van der Waals surface area contributed by atoms with E-state index in [-0.39, 0.29) is 0 Å². The number of aromatic nitrogens is 1. The maximum absolute atomic E-state index is 11.5. The normalized spacial score (nSPS) is 10.8. The van der Waals surface area contributed by atoms with Crippen molar-refractivity contribution in [2.45, 2.75) is 26.2 Å². The predicted molar refractivity (Wildman–Crippen MR) is 55.4 cm³/mol. The molecule has 4 heteroatoms. The number of nitrogens with zero attached hydrogens (tertiary/aromatic N) is 1. The van der Waals surface area contributed by atoms with Crippen molar-refractivity contribution in [1.82, 2.24) is 4.98 Å². The fourth-order valence-electron chi connectivity index (χ4n) is 1.32. The minimum atomic E-state index is -0.692. The van der Waals surface area contributed by atoms with Gasteiger partial charge < -0.3 is 9.72 Å². The Balaban J connectivity index is 3.08. The Bertz CT molecular complexity index is 399. The maximum atomic E-state index is 11.5. The number of H-pyrrole nitrogens is 1. The molecule has 15 heavy (non-hydrogen) atoms. The van der Waals surface area contributed by atoms with Crippen LogP contribution in [-0.2, 0) is 10.2 Å². The smallest absolute Gasteiger partial charge is 0.355 e. The highest BCUT2D eigenvalue weighted by Gasteiger charge is 2.27. The lowest BCUT2D eigenvalue weighted by Gasteiger charge is -2.15. The van der Waals surface area contributed by atoms with Crippen LogP contribution in [0.2, 0.25) is 0 Å². The van der Waals surface area contributed by atoms with Gasteiger partial charge in [0.25, 0.3) is 0 Å². The Kier molecular flexibility index (Phi) is 3.15. The van der Waals surface area contributed by atoms with Gasteiger partial charge in [0.15, 0.2) is 0 Å². The molecule has 1 N–H and O–H groups in total. The van der Waals surface area contributed by atoms with Crippen LogP contribution in [0.4, 0.5) is 0 Å². The molecule has 0 spiro atoms. The Labute approximate surface area is 88.9 Å². The second kappa shape index (κ2) is 4.18. The number of rotatable bonds is 3. The summed E-state index contributed by atoms with van der Waals surface area (Å²) in [4.78, 5) is 14.3. The second-order valence-corrected chi connectivity index (χ2v) is 3.72. The molecule has 0 saturated heterocycles. The van der Waals surface area contributed by atoms with Crippen molar-refractivity contribution in [3.8, 4) is 6.07 Å². The van der Waals surface area contributed by atoms with Crippen molar-refractivity contribution in [3.05, 3.63) is 23.5 Å². The Morgan fingerprint density at radius 3 is 2.87 bits per heavy atom. The number of esters is 1. The van der Waals surface area contributed by atoms with Crippen LogP contribution in [0.5, 0.6) is 0 Å². The van der Waals surface area contributed by atoms with E-state index in [1.54, 1.807) is 33.0 Å². The van der Waals surface area contributed by atoms with Gasteiger partial charge in [-0.2, -0.15) is 5.26 Å². The lowest BCUT2D eigenvalue weighted by Crippen LogP contribution is -2.18. The van der Waals surface area contributed by atoms with Gasteiger partial charge in [-0.1, -0.05) is 0 Å². The molecular formula is C11H14N2O2. The standard InChI is InChI=1S/C11H14N2O2/c1-4-15-10(14)9-8(5-6-13-9)11(2,3)7-12/h5-6,13H,4H2,1-3H3. The van der Waals surface area contributed by atoms with Gasteiger partial charge in [-0.25, -0.2) is 4.79 Å². The summed E-state index contributed by atoms with van der Waals surface area (Å²) >= 11 is 0. The molecular weight excluding hydrogens is 192 g/mol. The first kappa shape index (κ1) is 11.3. The summed E-state index contributed by atoms with van der Waals surface area (Å²) in [5.74, 6) is -0.416. The van der Waals surface area contributed by atoms with Crippen molar-refractivity contribution in [2.24, 2.45) is 0 Å². The Morgan fingerprint density at radius 1 is 1.67 bits per heavy atom. The molecule has 0 unspecified atom stereocenters. The first-order valence-corrected chi connectivity index (χ1v) is 4.79. The minimum Gasteiger partial charge on any atom is -0.461 e. The first-order valence-electron chi connectivity index (χ1n) is 4.79. The lowest BCUT2D eigenvalue weighted by atomic mass is 9.86. The molecule has 1 aromatic rings. The van der Waals surface area contributed by atoms with E-state index < -0.39 is 11.4 Å². The van der Waals surface area contributed by atoms with Crippen molar-refractivity contribution in [3.63, 3.8) is 0 Å². The van der Waals surface area contributed by atoms with Crippen LogP contribution in [0.1, 0.15) is 36.8 Å². The molecule has 0 aromatic carbocycles. The maximum Gasteiger partial charge on any atom is 0.355 e. The van der Waals surface area contributed by atoms with Crippen LogP contribution < -0.4 is 0 Å². The van der Waals surface area contributed by atoms with E-state index in [0.717, 1.165) is 0 Å². The third-order valence-electron chi connectivity index (χ3n) is 2.18. The van der Waals surface area contributed by atoms with Gasteiger partial charge in [0.2, 0.25) is 0 Å². The number of hydrogen-bond acceptors (Lipinski definition) is 3. The number of carbonyl (C=O) groups excluding carboxylic acids is 1. The number of hydrogen-bond donors (Lipinski definition) is 1. The van der Waals surface area contributed by atoms with Gasteiger partial charge in [0.05, 0.1) is 18.1 Å². The fourth-order valence-corrected chi connectivity index (χ4v) is 1.32. The molecule has 0 amide bonds. The molecule has 4 nitrogen and oxygen atoms in total. The number of carbonyl (C=O) groups is 1. The van der Waals surface area contributed by atoms with E-state index in [2.05, 4.69) is 11.1 Å². The third-order valence-corrected chi connectivity index (χ3v) is 2.18. The van der Waals surface area contributed by atoms with E-state index in [9.17, 15) is 4.79 Å². The molecule has 0 bridgehead atoms. The lowest BCUT2D eigenvalue weighted by molar-refractivity contribution is 0.0518. The highest BCUT2D eigenvalue weighted by atomic mass is 16.5. The summed E-state index contributed by atoms with van der Waals surface area (Å²) < 4.78 is 4.89. The van der Waals surface area contributed by atoms with Gasteiger partial charge in [0, 0.05) is 11.8 Å². The number of nitriles is 1. The molecule has 80 valence electrons. The molecule has 0 aliphatic heterocycles. The predicted octanol–water partition coefficient (Wildman–Crippen LogP) is 1.99.